The molecule has 0 bridgehead atoms. The maximum Gasteiger partial charge on any atom is 0.329 e. The van der Waals surface area contributed by atoms with Gasteiger partial charge in [0.2, 0.25) is 5.91 Å². The molecule has 2 aromatic rings. The SMILES string of the molecule is C#CCOc1c(CC=C)cc(/C=C2/NC(=O)N(CC(=O)Nc3ccc(C)cc3)C2=O)cc1OC. The highest BCUT2D eigenvalue weighted by Crippen LogP contribution is 2.34. The number of imide groups is 1. The number of carbonyl (C=O) groups is 3. The van der Waals surface area contributed by atoms with E-state index in [0.717, 1.165) is 16.0 Å². The molecular formula is C26H25N3O5. The number of nitrogens with one attached hydrogen (secondary N) is 2. The summed E-state index contributed by atoms with van der Waals surface area (Å²) in [6, 6.07) is 9.96. The fourth-order valence-electron chi connectivity index (χ4n) is 3.37. The van der Waals surface area contributed by atoms with Crippen LogP contribution in [0.15, 0.2) is 54.8 Å². The second kappa shape index (κ2) is 10.9. The lowest BCUT2D eigenvalue weighted by atomic mass is 10.0. The van der Waals surface area contributed by atoms with Crippen molar-refractivity contribution in [2.75, 3.05) is 25.6 Å². The van der Waals surface area contributed by atoms with Crippen molar-refractivity contribution in [2.45, 2.75) is 13.3 Å². The first-order valence-electron chi connectivity index (χ1n) is 10.5. The van der Waals surface area contributed by atoms with Gasteiger partial charge >= 0.3 is 6.03 Å². The van der Waals surface area contributed by atoms with E-state index < -0.39 is 24.4 Å². The van der Waals surface area contributed by atoms with Gasteiger partial charge in [-0.3, -0.25) is 9.59 Å². The molecule has 1 aliphatic heterocycles. The molecular weight excluding hydrogens is 434 g/mol. The molecule has 1 heterocycles. The standard InChI is InChI=1S/C26H25N3O5/c1-5-7-19-13-18(15-22(33-4)24(19)34-12-6-2)14-21-25(31)29(26(32)28-21)16-23(30)27-20-10-8-17(3)9-11-20/h2,5,8-11,13-15H,1,7,12,16H2,3-4H3,(H,27,30)(H,28,32)/b21-14+. The number of urea groups is 1. The minimum atomic E-state index is -0.678. The molecule has 0 aromatic heterocycles. The lowest BCUT2D eigenvalue weighted by Gasteiger charge is -2.14. The molecule has 4 amide bonds. The van der Waals surface area contributed by atoms with Gasteiger partial charge in [0.25, 0.3) is 5.91 Å². The first-order valence-corrected chi connectivity index (χ1v) is 10.5. The maximum absolute atomic E-state index is 12.8. The van der Waals surface area contributed by atoms with E-state index in [1.54, 1.807) is 30.3 Å². The van der Waals surface area contributed by atoms with Crippen LogP contribution in [0.4, 0.5) is 10.5 Å². The Morgan fingerprint density at radius 3 is 2.65 bits per heavy atom. The van der Waals surface area contributed by atoms with Crippen LogP contribution < -0.4 is 20.1 Å². The fraction of sp³-hybridized carbons (Fsp3) is 0.192. The third kappa shape index (κ3) is 5.64. The monoisotopic (exact) mass is 459 g/mol. The molecule has 2 aromatic carbocycles. The van der Waals surface area contributed by atoms with Crippen LogP contribution in [0.5, 0.6) is 11.5 Å². The molecule has 3 rings (SSSR count). The van der Waals surface area contributed by atoms with Crippen molar-refractivity contribution in [2.24, 2.45) is 0 Å². The summed E-state index contributed by atoms with van der Waals surface area (Å²) in [6.07, 6.45) is 8.98. The van der Waals surface area contributed by atoms with Gasteiger partial charge in [0.1, 0.15) is 18.8 Å². The topological polar surface area (TPSA) is 97.0 Å². The van der Waals surface area contributed by atoms with E-state index >= 15 is 0 Å². The van der Waals surface area contributed by atoms with Gasteiger partial charge in [0.15, 0.2) is 11.5 Å². The number of ether oxygens (including phenoxy) is 2. The summed E-state index contributed by atoms with van der Waals surface area (Å²) in [5, 5.41) is 5.19. The Morgan fingerprint density at radius 2 is 2.00 bits per heavy atom. The van der Waals surface area contributed by atoms with Crippen LogP contribution in [0, 0.1) is 19.3 Å². The molecule has 0 aliphatic carbocycles. The molecule has 1 saturated heterocycles. The van der Waals surface area contributed by atoms with E-state index in [1.807, 2.05) is 19.1 Å². The minimum Gasteiger partial charge on any atom is -0.493 e. The molecule has 174 valence electrons. The Balaban J connectivity index is 1.80. The van der Waals surface area contributed by atoms with Crippen LogP contribution in [-0.4, -0.2) is 43.0 Å². The molecule has 8 nitrogen and oxygen atoms in total. The number of amides is 4. The zero-order chi connectivity index (χ0) is 24.7. The van der Waals surface area contributed by atoms with E-state index in [4.69, 9.17) is 15.9 Å². The first-order chi connectivity index (χ1) is 16.4. The van der Waals surface area contributed by atoms with Gasteiger partial charge in [-0.1, -0.05) is 29.7 Å². The number of rotatable bonds is 9. The molecule has 0 spiro atoms. The van der Waals surface area contributed by atoms with Crippen molar-refractivity contribution in [1.82, 2.24) is 10.2 Å². The van der Waals surface area contributed by atoms with Crippen LogP contribution in [0.1, 0.15) is 16.7 Å². The number of carbonyl (C=O) groups excluding carboxylic acids is 3. The maximum atomic E-state index is 12.8. The predicted octanol–water partition coefficient (Wildman–Crippen LogP) is 3.28. The molecule has 0 atom stereocenters. The number of terminal acetylenes is 1. The van der Waals surface area contributed by atoms with Gasteiger partial charge in [0.05, 0.1) is 7.11 Å². The zero-order valence-electron chi connectivity index (χ0n) is 19.0. The highest BCUT2D eigenvalue weighted by molar-refractivity contribution is 6.16. The number of methoxy groups -OCH3 is 1. The smallest absolute Gasteiger partial charge is 0.329 e. The summed E-state index contributed by atoms with van der Waals surface area (Å²) in [5.74, 6) is 2.22. The summed E-state index contributed by atoms with van der Waals surface area (Å²) in [6.45, 7) is 5.33. The number of benzene rings is 2. The van der Waals surface area contributed by atoms with Crippen molar-refractivity contribution in [3.05, 3.63) is 71.4 Å². The lowest BCUT2D eigenvalue weighted by molar-refractivity contribution is -0.127. The van der Waals surface area contributed by atoms with Gasteiger partial charge in [-0.05, 0) is 49.2 Å². The second-order valence-electron chi connectivity index (χ2n) is 7.49. The van der Waals surface area contributed by atoms with Gasteiger partial charge in [0, 0.05) is 11.3 Å². The van der Waals surface area contributed by atoms with Crippen molar-refractivity contribution < 1.29 is 23.9 Å². The largest absolute Gasteiger partial charge is 0.493 e. The van der Waals surface area contributed by atoms with Crippen molar-refractivity contribution in [1.29, 1.82) is 0 Å². The molecule has 1 fully saturated rings. The Labute approximate surface area is 198 Å². The second-order valence-corrected chi connectivity index (χ2v) is 7.49. The summed E-state index contributed by atoms with van der Waals surface area (Å²) in [5.41, 5.74) is 3.01. The quantitative estimate of drug-likeness (QED) is 0.260. The van der Waals surface area contributed by atoms with Crippen molar-refractivity contribution >= 4 is 29.6 Å². The highest BCUT2D eigenvalue weighted by atomic mass is 16.5. The average Bonchev–Trinajstić information content (AvgIpc) is 3.07. The lowest BCUT2D eigenvalue weighted by Crippen LogP contribution is -2.38. The summed E-state index contributed by atoms with van der Waals surface area (Å²) >= 11 is 0. The van der Waals surface area contributed by atoms with Crippen LogP contribution >= 0.6 is 0 Å². The highest BCUT2D eigenvalue weighted by Gasteiger charge is 2.35. The van der Waals surface area contributed by atoms with Gasteiger partial charge < -0.3 is 20.1 Å². The van der Waals surface area contributed by atoms with Gasteiger partial charge in [-0.25, -0.2) is 9.69 Å². The fourth-order valence-corrected chi connectivity index (χ4v) is 3.37. The minimum absolute atomic E-state index is 0.0389. The predicted molar refractivity (Wildman–Crippen MR) is 129 cm³/mol. The average molecular weight is 460 g/mol. The van der Waals surface area contributed by atoms with E-state index in [0.29, 0.717) is 29.2 Å². The Bertz CT molecular complexity index is 1190. The van der Waals surface area contributed by atoms with Crippen LogP contribution in [0.2, 0.25) is 0 Å². The zero-order valence-corrected chi connectivity index (χ0v) is 19.0. The number of aryl methyl sites for hydroxylation is 1. The number of hydrogen-bond donors (Lipinski definition) is 2. The Kier molecular flexibility index (Phi) is 7.72. The molecule has 0 radical (unpaired) electrons. The molecule has 0 unspecified atom stereocenters. The van der Waals surface area contributed by atoms with E-state index in [-0.39, 0.29) is 12.3 Å². The van der Waals surface area contributed by atoms with Crippen LogP contribution in [-0.2, 0) is 16.0 Å². The van der Waals surface area contributed by atoms with Gasteiger partial charge in [-0.15, -0.1) is 13.0 Å². The normalized spacial score (nSPS) is 13.9. The number of hydrogen-bond acceptors (Lipinski definition) is 5. The molecule has 0 saturated carbocycles. The molecule has 2 N–H and O–H groups in total. The van der Waals surface area contributed by atoms with Crippen molar-refractivity contribution in [3.8, 4) is 23.8 Å². The number of allylic oxidation sites excluding steroid dienone is 1. The van der Waals surface area contributed by atoms with E-state index in [1.165, 1.54) is 13.2 Å². The summed E-state index contributed by atoms with van der Waals surface area (Å²) < 4.78 is 11.0. The summed E-state index contributed by atoms with van der Waals surface area (Å²) in [4.78, 5) is 38.4. The third-order valence-electron chi connectivity index (χ3n) is 4.95. The third-order valence-corrected chi connectivity index (χ3v) is 4.95. The first kappa shape index (κ1) is 24.1. The number of anilines is 1. The van der Waals surface area contributed by atoms with Gasteiger partial charge in [-0.2, -0.15) is 0 Å². The van der Waals surface area contributed by atoms with E-state index in [2.05, 4.69) is 23.1 Å². The Hall–Kier alpha value is -4.51. The molecule has 1 aliphatic rings. The molecule has 34 heavy (non-hydrogen) atoms. The van der Waals surface area contributed by atoms with E-state index in [9.17, 15) is 14.4 Å². The van der Waals surface area contributed by atoms with Crippen LogP contribution in [0.25, 0.3) is 6.08 Å². The van der Waals surface area contributed by atoms with Crippen LogP contribution in [0.3, 0.4) is 0 Å². The molecule has 8 heteroatoms. The summed E-state index contributed by atoms with van der Waals surface area (Å²) in [7, 11) is 1.49. The Morgan fingerprint density at radius 1 is 1.26 bits per heavy atom. The number of nitrogens with zero attached hydrogens (tertiary/aromatic N) is 1. The van der Waals surface area contributed by atoms with Crippen molar-refractivity contribution in [3.63, 3.8) is 0 Å².